The van der Waals surface area contributed by atoms with Crippen LogP contribution < -0.4 is 9.47 Å². The van der Waals surface area contributed by atoms with Gasteiger partial charge in [0.1, 0.15) is 0 Å². The van der Waals surface area contributed by atoms with Crippen molar-refractivity contribution in [3.8, 4) is 11.5 Å². The molecule has 0 aromatic heterocycles. The SMILES string of the molecule is COc1cc(/C=N/C(C(C)C)C(C)C)c(C(C)C)cc1OC. The number of benzene rings is 1. The summed E-state index contributed by atoms with van der Waals surface area (Å²) in [6, 6.07) is 4.41. The lowest BCUT2D eigenvalue weighted by molar-refractivity contribution is 0.354. The fourth-order valence-corrected chi connectivity index (χ4v) is 2.80. The van der Waals surface area contributed by atoms with Gasteiger partial charge in [0.25, 0.3) is 0 Å². The maximum Gasteiger partial charge on any atom is 0.161 e. The topological polar surface area (TPSA) is 30.8 Å². The van der Waals surface area contributed by atoms with E-state index in [1.165, 1.54) is 5.56 Å². The van der Waals surface area contributed by atoms with Crippen molar-refractivity contribution >= 4 is 6.21 Å². The van der Waals surface area contributed by atoms with Crippen molar-refractivity contribution in [1.82, 2.24) is 0 Å². The van der Waals surface area contributed by atoms with Crippen LogP contribution in [0.4, 0.5) is 0 Å². The van der Waals surface area contributed by atoms with Crippen LogP contribution in [0, 0.1) is 11.8 Å². The first-order valence-corrected chi connectivity index (χ1v) is 8.10. The standard InChI is InChI=1S/C19H31NO2/c1-12(2)16-10-18(22-8)17(21-7)9-15(16)11-20-19(13(3)4)14(5)6/h9-14,19H,1-8H3/b20-11+. The van der Waals surface area contributed by atoms with E-state index < -0.39 is 0 Å². The highest BCUT2D eigenvalue weighted by Crippen LogP contribution is 2.33. The third-order valence-corrected chi connectivity index (χ3v) is 3.96. The molecule has 0 radical (unpaired) electrons. The lowest BCUT2D eigenvalue weighted by Crippen LogP contribution is -2.20. The van der Waals surface area contributed by atoms with Crippen LogP contribution in [0.3, 0.4) is 0 Å². The van der Waals surface area contributed by atoms with Gasteiger partial charge in [-0.2, -0.15) is 0 Å². The fourth-order valence-electron chi connectivity index (χ4n) is 2.80. The van der Waals surface area contributed by atoms with Crippen molar-refractivity contribution in [2.75, 3.05) is 14.2 Å². The molecule has 0 spiro atoms. The minimum atomic E-state index is 0.327. The molecule has 0 aliphatic carbocycles. The molecule has 3 heteroatoms. The van der Waals surface area contributed by atoms with E-state index in [0.29, 0.717) is 23.8 Å². The molecule has 1 aromatic rings. The molecule has 124 valence electrons. The Balaban J connectivity index is 3.27. The molecule has 0 atom stereocenters. The van der Waals surface area contributed by atoms with Crippen LogP contribution in [0.1, 0.15) is 58.6 Å². The predicted molar refractivity (Wildman–Crippen MR) is 94.7 cm³/mol. The molecule has 22 heavy (non-hydrogen) atoms. The van der Waals surface area contributed by atoms with Crippen LogP contribution in [0.2, 0.25) is 0 Å². The van der Waals surface area contributed by atoms with E-state index in [1.54, 1.807) is 14.2 Å². The molecule has 1 aromatic carbocycles. The minimum absolute atomic E-state index is 0.327. The van der Waals surface area contributed by atoms with E-state index in [9.17, 15) is 0 Å². The summed E-state index contributed by atoms with van der Waals surface area (Å²) in [5, 5.41) is 0. The molecule has 1 rings (SSSR count). The molecule has 0 saturated carbocycles. The lowest BCUT2D eigenvalue weighted by Gasteiger charge is -2.21. The summed E-state index contributed by atoms with van der Waals surface area (Å²) in [6.07, 6.45) is 2.00. The van der Waals surface area contributed by atoms with Gasteiger partial charge in [0, 0.05) is 6.21 Å². The van der Waals surface area contributed by atoms with Crippen LogP contribution in [0.25, 0.3) is 0 Å². The Morgan fingerprint density at radius 3 is 1.77 bits per heavy atom. The van der Waals surface area contributed by atoms with E-state index in [2.05, 4.69) is 47.6 Å². The highest BCUT2D eigenvalue weighted by atomic mass is 16.5. The molecular weight excluding hydrogens is 274 g/mol. The summed E-state index contributed by atoms with van der Waals surface area (Å²) in [5.41, 5.74) is 2.34. The van der Waals surface area contributed by atoms with Crippen molar-refractivity contribution in [2.45, 2.75) is 53.5 Å². The fraction of sp³-hybridized carbons (Fsp3) is 0.632. The summed E-state index contributed by atoms with van der Waals surface area (Å²) in [4.78, 5) is 4.85. The van der Waals surface area contributed by atoms with Gasteiger partial charge in [-0.05, 0) is 41.0 Å². The Bertz CT molecular complexity index is 496. The van der Waals surface area contributed by atoms with Gasteiger partial charge in [0.2, 0.25) is 0 Å². The van der Waals surface area contributed by atoms with Gasteiger partial charge < -0.3 is 9.47 Å². The smallest absolute Gasteiger partial charge is 0.161 e. The minimum Gasteiger partial charge on any atom is -0.493 e. The van der Waals surface area contributed by atoms with Crippen LogP contribution in [0.5, 0.6) is 11.5 Å². The van der Waals surface area contributed by atoms with Gasteiger partial charge >= 0.3 is 0 Å². The number of ether oxygens (including phenoxy) is 2. The van der Waals surface area contributed by atoms with Gasteiger partial charge in [-0.1, -0.05) is 41.5 Å². The summed E-state index contributed by atoms with van der Waals surface area (Å²) in [7, 11) is 3.34. The summed E-state index contributed by atoms with van der Waals surface area (Å²) in [6.45, 7) is 13.3. The third-order valence-electron chi connectivity index (χ3n) is 3.96. The zero-order valence-corrected chi connectivity index (χ0v) is 15.3. The summed E-state index contributed by atoms with van der Waals surface area (Å²) in [5.74, 6) is 2.97. The molecule has 0 fully saturated rings. The number of aliphatic imine (C=N–C) groups is 1. The molecule has 0 N–H and O–H groups in total. The lowest BCUT2D eigenvalue weighted by atomic mass is 9.93. The summed E-state index contributed by atoms with van der Waals surface area (Å²) < 4.78 is 10.8. The second-order valence-electron chi connectivity index (χ2n) is 6.75. The van der Waals surface area contributed by atoms with Gasteiger partial charge in [-0.25, -0.2) is 0 Å². The molecule has 0 bridgehead atoms. The number of hydrogen-bond acceptors (Lipinski definition) is 3. The molecule has 0 saturated heterocycles. The monoisotopic (exact) mass is 305 g/mol. The first-order chi connectivity index (χ1) is 10.3. The van der Waals surface area contributed by atoms with Crippen LogP contribution in [-0.4, -0.2) is 26.5 Å². The van der Waals surface area contributed by atoms with Crippen LogP contribution >= 0.6 is 0 Å². The Morgan fingerprint density at radius 1 is 0.864 bits per heavy atom. The Morgan fingerprint density at radius 2 is 1.36 bits per heavy atom. The van der Waals surface area contributed by atoms with Crippen LogP contribution in [-0.2, 0) is 0 Å². The van der Waals surface area contributed by atoms with Crippen LogP contribution in [0.15, 0.2) is 17.1 Å². The first kappa shape index (κ1) is 18.5. The Labute approximate surface area is 135 Å². The average molecular weight is 305 g/mol. The van der Waals surface area contributed by atoms with Gasteiger partial charge in [-0.3, -0.25) is 4.99 Å². The van der Waals surface area contributed by atoms with E-state index in [4.69, 9.17) is 14.5 Å². The highest BCUT2D eigenvalue weighted by Gasteiger charge is 2.17. The molecule has 0 heterocycles. The number of nitrogens with zero attached hydrogens (tertiary/aromatic N) is 1. The van der Waals surface area contributed by atoms with Crippen molar-refractivity contribution in [3.05, 3.63) is 23.3 Å². The number of rotatable bonds is 7. The summed E-state index contributed by atoms with van der Waals surface area (Å²) >= 11 is 0. The normalized spacial score (nSPS) is 12.2. The molecule has 0 aliphatic rings. The Hall–Kier alpha value is -1.51. The zero-order valence-electron chi connectivity index (χ0n) is 15.3. The quantitative estimate of drug-likeness (QED) is 0.669. The van der Waals surface area contributed by atoms with Crippen molar-refractivity contribution in [3.63, 3.8) is 0 Å². The third kappa shape index (κ3) is 4.49. The second-order valence-corrected chi connectivity index (χ2v) is 6.75. The van der Waals surface area contributed by atoms with E-state index in [1.807, 2.05) is 12.3 Å². The van der Waals surface area contributed by atoms with Gasteiger partial charge in [-0.15, -0.1) is 0 Å². The van der Waals surface area contributed by atoms with E-state index in [0.717, 1.165) is 17.1 Å². The molecular formula is C19H31NO2. The van der Waals surface area contributed by atoms with E-state index in [-0.39, 0.29) is 0 Å². The molecule has 0 amide bonds. The van der Waals surface area contributed by atoms with Crippen molar-refractivity contribution < 1.29 is 9.47 Å². The first-order valence-electron chi connectivity index (χ1n) is 8.10. The zero-order chi connectivity index (χ0) is 16.9. The van der Waals surface area contributed by atoms with Gasteiger partial charge in [0.05, 0.1) is 20.3 Å². The predicted octanol–water partition coefficient (Wildman–Crippen LogP) is 4.93. The van der Waals surface area contributed by atoms with Crippen molar-refractivity contribution in [1.29, 1.82) is 0 Å². The van der Waals surface area contributed by atoms with E-state index >= 15 is 0 Å². The maximum absolute atomic E-state index is 5.43. The Kier molecular flexibility index (Phi) is 6.92. The number of hydrogen-bond donors (Lipinski definition) is 0. The number of methoxy groups -OCH3 is 2. The molecule has 0 unspecified atom stereocenters. The largest absolute Gasteiger partial charge is 0.493 e. The second kappa shape index (κ2) is 8.21. The van der Waals surface area contributed by atoms with Gasteiger partial charge in [0.15, 0.2) is 11.5 Å². The van der Waals surface area contributed by atoms with Crippen molar-refractivity contribution in [2.24, 2.45) is 16.8 Å². The average Bonchev–Trinajstić information content (AvgIpc) is 2.45. The highest BCUT2D eigenvalue weighted by molar-refractivity contribution is 5.83. The maximum atomic E-state index is 5.43. The molecule has 3 nitrogen and oxygen atoms in total. The molecule has 0 aliphatic heterocycles.